The number of carbonyl (C=O) groups excluding carboxylic acids is 1. The highest BCUT2D eigenvalue weighted by Gasteiger charge is 2.34. The number of anilines is 1. The molecule has 3 rings (SSSR count). The maximum absolute atomic E-state index is 13.9. The molecule has 29 heavy (non-hydrogen) atoms. The molecule has 1 heterocycles. The van der Waals surface area contributed by atoms with Crippen molar-refractivity contribution in [1.82, 2.24) is 4.98 Å². The SMILES string of the molecule is Cc1ccc(F)c(F)c1C(=O)Nc1ccc(Oc2cnccc2C(F)(F)F)cc1. The van der Waals surface area contributed by atoms with Crippen molar-refractivity contribution in [3.63, 3.8) is 0 Å². The molecule has 0 aliphatic carbocycles. The van der Waals surface area contributed by atoms with Crippen LogP contribution in [0.5, 0.6) is 11.5 Å². The molecule has 9 heteroatoms. The van der Waals surface area contributed by atoms with Crippen molar-refractivity contribution in [3.8, 4) is 11.5 Å². The molecule has 150 valence electrons. The average Bonchev–Trinajstić information content (AvgIpc) is 2.66. The number of pyridine rings is 1. The molecule has 0 radical (unpaired) electrons. The van der Waals surface area contributed by atoms with Gasteiger partial charge in [0.25, 0.3) is 5.91 Å². The Balaban J connectivity index is 1.77. The van der Waals surface area contributed by atoms with Gasteiger partial charge in [-0.2, -0.15) is 13.2 Å². The summed E-state index contributed by atoms with van der Waals surface area (Å²) >= 11 is 0. The van der Waals surface area contributed by atoms with Gasteiger partial charge in [-0.25, -0.2) is 8.78 Å². The number of hydrogen-bond acceptors (Lipinski definition) is 3. The van der Waals surface area contributed by atoms with E-state index in [1.54, 1.807) is 0 Å². The van der Waals surface area contributed by atoms with E-state index in [4.69, 9.17) is 4.74 Å². The fourth-order valence-electron chi connectivity index (χ4n) is 2.55. The quantitative estimate of drug-likeness (QED) is 0.561. The van der Waals surface area contributed by atoms with Crippen LogP contribution in [0, 0.1) is 18.6 Å². The standard InChI is InChI=1S/C20H13F5N2O2/c1-11-2-7-15(21)18(22)17(11)19(28)27-12-3-5-13(6-4-12)29-16-10-26-9-8-14(16)20(23,24)25/h2-10H,1H3,(H,27,28). The molecule has 1 aromatic heterocycles. The Hall–Kier alpha value is -3.49. The Kier molecular flexibility index (Phi) is 5.49. The van der Waals surface area contributed by atoms with Crippen molar-refractivity contribution < 1.29 is 31.5 Å². The summed E-state index contributed by atoms with van der Waals surface area (Å²) < 4.78 is 71.5. The van der Waals surface area contributed by atoms with Crippen LogP contribution in [0.15, 0.2) is 54.9 Å². The van der Waals surface area contributed by atoms with Gasteiger partial charge in [0, 0.05) is 11.9 Å². The molecule has 0 aliphatic rings. The molecule has 0 saturated heterocycles. The highest BCUT2D eigenvalue weighted by molar-refractivity contribution is 6.05. The molecule has 0 aliphatic heterocycles. The van der Waals surface area contributed by atoms with Crippen LogP contribution in [0.2, 0.25) is 0 Å². The summed E-state index contributed by atoms with van der Waals surface area (Å²) in [6, 6.07) is 8.32. The van der Waals surface area contributed by atoms with Gasteiger partial charge in [-0.1, -0.05) is 6.07 Å². The first-order chi connectivity index (χ1) is 13.7. The van der Waals surface area contributed by atoms with E-state index in [1.807, 2.05) is 0 Å². The van der Waals surface area contributed by atoms with E-state index in [-0.39, 0.29) is 17.0 Å². The maximum atomic E-state index is 13.9. The predicted molar refractivity (Wildman–Crippen MR) is 94.8 cm³/mol. The number of amides is 1. The van der Waals surface area contributed by atoms with Crippen LogP contribution >= 0.6 is 0 Å². The summed E-state index contributed by atoms with van der Waals surface area (Å²) in [5.74, 6) is -3.69. The van der Waals surface area contributed by atoms with Gasteiger partial charge in [0.2, 0.25) is 0 Å². The topological polar surface area (TPSA) is 51.2 Å². The van der Waals surface area contributed by atoms with Gasteiger partial charge in [-0.15, -0.1) is 0 Å². The normalized spacial score (nSPS) is 11.2. The van der Waals surface area contributed by atoms with Crippen LogP contribution in [0.1, 0.15) is 21.5 Å². The zero-order valence-corrected chi connectivity index (χ0v) is 14.8. The number of alkyl halides is 3. The summed E-state index contributed by atoms with van der Waals surface area (Å²) in [5.41, 5.74) is -0.956. The van der Waals surface area contributed by atoms with Gasteiger partial charge in [0.15, 0.2) is 17.4 Å². The van der Waals surface area contributed by atoms with Crippen LogP contribution < -0.4 is 10.1 Å². The minimum atomic E-state index is -4.61. The van der Waals surface area contributed by atoms with Gasteiger partial charge in [0.05, 0.1) is 11.8 Å². The second-order valence-corrected chi connectivity index (χ2v) is 6.00. The number of aromatic nitrogens is 1. The first kappa shape index (κ1) is 20.2. The minimum absolute atomic E-state index is 0.0645. The Morgan fingerprint density at radius 2 is 1.72 bits per heavy atom. The van der Waals surface area contributed by atoms with Gasteiger partial charge >= 0.3 is 6.18 Å². The Morgan fingerprint density at radius 3 is 2.38 bits per heavy atom. The van der Waals surface area contributed by atoms with E-state index < -0.39 is 40.6 Å². The van der Waals surface area contributed by atoms with Crippen LogP contribution in [-0.2, 0) is 6.18 Å². The number of ether oxygens (including phenoxy) is 1. The van der Waals surface area contributed by atoms with E-state index in [9.17, 15) is 26.7 Å². The number of hydrogen-bond donors (Lipinski definition) is 1. The lowest BCUT2D eigenvalue weighted by molar-refractivity contribution is -0.138. The lowest BCUT2D eigenvalue weighted by atomic mass is 10.1. The first-order valence-electron chi connectivity index (χ1n) is 8.22. The van der Waals surface area contributed by atoms with E-state index in [0.29, 0.717) is 0 Å². The molecule has 0 unspecified atom stereocenters. The van der Waals surface area contributed by atoms with E-state index in [1.165, 1.54) is 37.3 Å². The lowest BCUT2D eigenvalue weighted by Gasteiger charge is -2.13. The van der Waals surface area contributed by atoms with E-state index in [0.717, 1.165) is 24.5 Å². The third kappa shape index (κ3) is 4.50. The maximum Gasteiger partial charge on any atom is 0.420 e. The zero-order valence-electron chi connectivity index (χ0n) is 14.8. The van der Waals surface area contributed by atoms with Crippen LogP contribution in [0.25, 0.3) is 0 Å². The van der Waals surface area contributed by atoms with Gasteiger partial charge in [0.1, 0.15) is 11.3 Å². The third-order valence-corrected chi connectivity index (χ3v) is 3.96. The number of halogens is 5. The second kappa shape index (κ2) is 7.86. The summed E-state index contributed by atoms with van der Waals surface area (Å²) in [7, 11) is 0. The molecular weight excluding hydrogens is 395 g/mol. The van der Waals surface area contributed by atoms with Crippen LogP contribution in [0.3, 0.4) is 0 Å². The molecule has 0 bridgehead atoms. The smallest absolute Gasteiger partial charge is 0.420 e. The Labute approximate surface area is 162 Å². The second-order valence-electron chi connectivity index (χ2n) is 6.00. The molecule has 0 spiro atoms. The Bertz CT molecular complexity index is 1050. The molecule has 2 aromatic carbocycles. The van der Waals surface area contributed by atoms with Crippen molar-refractivity contribution >= 4 is 11.6 Å². The number of nitrogens with zero attached hydrogens (tertiary/aromatic N) is 1. The fraction of sp³-hybridized carbons (Fsp3) is 0.100. The van der Waals surface area contributed by atoms with Crippen LogP contribution in [-0.4, -0.2) is 10.9 Å². The van der Waals surface area contributed by atoms with Crippen molar-refractivity contribution in [1.29, 1.82) is 0 Å². The molecule has 1 N–H and O–H groups in total. The Morgan fingerprint density at radius 1 is 1.03 bits per heavy atom. The number of nitrogens with one attached hydrogen (secondary N) is 1. The molecule has 4 nitrogen and oxygen atoms in total. The molecule has 0 saturated carbocycles. The average molecular weight is 408 g/mol. The fourth-order valence-corrected chi connectivity index (χ4v) is 2.55. The third-order valence-electron chi connectivity index (χ3n) is 3.96. The molecule has 0 atom stereocenters. The van der Waals surface area contributed by atoms with Gasteiger partial charge in [-0.3, -0.25) is 9.78 Å². The van der Waals surface area contributed by atoms with Crippen molar-refractivity contribution in [2.24, 2.45) is 0 Å². The molecular formula is C20H13F5N2O2. The number of carbonyl (C=O) groups is 1. The molecule has 3 aromatic rings. The van der Waals surface area contributed by atoms with E-state index >= 15 is 0 Å². The van der Waals surface area contributed by atoms with Crippen molar-refractivity contribution in [2.45, 2.75) is 13.1 Å². The minimum Gasteiger partial charge on any atom is -0.455 e. The lowest BCUT2D eigenvalue weighted by Crippen LogP contribution is -2.16. The van der Waals surface area contributed by atoms with Gasteiger partial charge in [-0.05, 0) is 48.9 Å². The molecule has 1 amide bonds. The number of aryl methyl sites for hydroxylation is 1. The van der Waals surface area contributed by atoms with Crippen molar-refractivity contribution in [3.05, 3.63) is 83.2 Å². The largest absolute Gasteiger partial charge is 0.455 e. The summed E-state index contributed by atoms with van der Waals surface area (Å²) in [5, 5.41) is 2.40. The van der Waals surface area contributed by atoms with E-state index in [2.05, 4.69) is 10.3 Å². The van der Waals surface area contributed by atoms with Gasteiger partial charge < -0.3 is 10.1 Å². The van der Waals surface area contributed by atoms with Crippen LogP contribution in [0.4, 0.5) is 27.6 Å². The highest BCUT2D eigenvalue weighted by Crippen LogP contribution is 2.37. The summed E-state index contributed by atoms with van der Waals surface area (Å²) in [6.07, 6.45) is -2.67. The summed E-state index contributed by atoms with van der Waals surface area (Å²) in [6.45, 7) is 1.46. The number of rotatable bonds is 4. The number of benzene rings is 2. The molecule has 0 fully saturated rings. The zero-order chi connectivity index (χ0) is 21.2. The van der Waals surface area contributed by atoms with Crippen molar-refractivity contribution in [2.75, 3.05) is 5.32 Å². The monoisotopic (exact) mass is 408 g/mol. The summed E-state index contributed by atoms with van der Waals surface area (Å²) in [4.78, 5) is 15.9. The predicted octanol–water partition coefficient (Wildman–Crippen LogP) is 5.73. The first-order valence-corrected chi connectivity index (χ1v) is 8.22. The highest BCUT2D eigenvalue weighted by atomic mass is 19.4.